The van der Waals surface area contributed by atoms with Crippen LogP contribution in [0.4, 0.5) is 5.82 Å². The van der Waals surface area contributed by atoms with Crippen LogP contribution in [0.2, 0.25) is 0 Å². The lowest BCUT2D eigenvalue weighted by atomic mass is 9.95. The van der Waals surface area contributed by atoms with E-state index in [2.05, 4.69) is 38.0 Å². The Morgan fingerprint density at radius 1 is 1.32 bits per heavy atom. The molecular formula is C15H25N3O. The number of aromatic nitrogens is 1. The van der Waals surface area contributed by atoms with Crippen molar-refractivity contribution in [2.45, 2.75) is 58.9 Å². The number of nitrogens with one attached hydrogen (secondary N) is 1. The van der Waals surface area contributed by atoms with E-state index in [1.807, 2.05) is 6.07 Å². The SMILES string of the molecule is CCCc1cc(C(=O)NC(C)(CC)CC)cc(N)n1. The number of hydrogen-bond acceptors (Lipinski definition) is 3. The molecule has 0 radical (unpaired) electrons. The molecule has 4 heteroatoms. The summed E-state index contributed by atoms with van der Waals surface area (Å²) in [7, 11) is 0. The Kier molecular flexibility index (Phi) is 5.33. The fourth-order valence-electron chi connectivity index (χ4n) is 1.90. The fraction of sp³-hybridized carbons (Fsp3) is 0.600. The van der Waals surface area contributed by atoms with E-state index in [-0.39, 0.29) is 11.4 Å². The Labute approximate surface area is 115 Å². The average Bonchev–Trinajstić information content (AvgIpc) is 2.38. The molecule has 0 spiro atoms. The molecule has 0 atom stereocenters. The number of aryl methyl sites for hydroxylation is 1. The summed E-state index contributed by atoms with van der Waals surface area (Å²) < 4.78 is 0. The first-order chi connectivity index (χ1) is 8.94. The maximum atomic E-state index is 12.3. The molecular weight excluding hydrogens is 238 g/mol. The third-order valence-electron chi connectivity index (χ3n) is 3.64. The van der Waals surface area contributed by atoms with Gasteiger partial charge in [-0.05, 0) is 38.3 Å². The second-order valence-electron chi connectivity index (χ2n) is 5.24. The van der Waals surface area contributed by atoms with Crippen molar-refractivity contribution >= 4 is 11.7 Å². The van der Waals surface area contributed by atoms with Gasteiger partial charge in [0.2, 0.25) is 0 Å². The maximum absolute atomic E-state index is 12.3. The highest BCUT2D eigenvalue weighted by molar-refractivity contribution is 5.95. The fourth-order valence-corrected chi connectivity index (χ4v) is 1.90. The summed E-state index contributed by atoms with van der Waals surface area (Å²) >= 11 is 0. The van der Waals surface area contributed by atoms with Crippen LogP contribution in [0.1, 0.15) is 63.0 Å². The number of pyridine rings is 1. The van der Waals surface area contributed by atoms with E-state index in [1.165, 1.54) is 0 Å². The molecule has 1 aromatic rings. The number of anilines is 1. The summed E-state index contributed by atoms with van der Waals surface area (Å²) in [5, 5.41) is 3.08. The minimum absolute atomic E-state index is 0.0716. The summed E-state index contributed by atoms with van der Waals surface area (Å²) in [5.74, 6) is 0.337. The Balaban J connectivity index is 2.93. The number of hydrogen-bond donors (Lipinski definition) is 2. The molecule has 1 rings (SSSR count). The third-order valence-corrected chi connectivity index (χ3v) is 3.64. The van der Waals surface area contributed by atoms with Crippen LogP contribution in [-0.2, 0) is 6.42 Å². The van der Waals surface area contributed by atoms with E-state index in [1.54, 1.807) is 6.07 Å². The lowest BCUT2D eigenvalue weighted by molar-refractivity contribution is 0.0901. The van der Waals surface area contributed by atoms with Crippen LogP contribution < -0.4 is 11.1 Å². The number of nitrogens with two attached hydrogens (primary N) is 1. The molecule has 0 aliphatic rings. The molecule has 0 bridgehead atoms. The van der Waals surface area contributed by atoms with Gasteiger partial charge in [-0.1, -0.05) is 27.2 Å². The van der Waals surface area contributed by atoms with Gasteiger partial charge in [-0.25, -0.2) is 4.98 Å². The Bertz CT molecular complexity index is 439. The summed E-state index contributed by atoms with van der Waals surface area (Å²) in [6.45, 7) is 8.29. The molecule has 0 aromatic carbocycles. The van der Waals surface area contributed by atoms with E-state index in [0.29, 0.717) is 11.4 Å². The van der Waals surface area contributed by atoms with Gasteiger partial charge >= 0.3 is 0 Å². The van der Waals surface area contributed by atoms with Gasteiger partial charge in [-0.3, -0.25) is 4.79 Å². The zero-order chi connectivity index (χ0) is 14.5. The first-order valence-corrected chi connectivity index (χ1v) is 7.03. The predicted molar refractivity (Wildman–Crippen MR) is 79.1 cm³/mol. The van der Waals surface area contributed by atoms with Crippen LogP contribution in [-0.4, -0.2) is 16.4 Å². The first kappa shape index (κ1) is 15.5. The first-order valence-electron chi connectivity index (χ1n) is 7.03. The van der Waals surface area contributed by atoms with Gasteiger partial charge in [0.15, 0.2) is 0 Å². The second kappa shape index (κ2) is 6.55. The molecule has 0 aliphatic carbocycles. The maximum Gasteiger partial charge on any atom is 0.251 e. The van der Waals surface area contributed by atoms with Gasteiger partial charge in [0, 0.05) is 16.8 Å². The Morgan fingerprint density at radius 2 is 1.95 bits per heavy atom. The molecule has 4 nitrogen and oxygen atoms in total. The predicted octanol–water partition coefficient (Wildman–Crippen LogP) is 2.92. The van der Waals surface area contributed by atoms with Crippen LogP contribution in [0.25, 0.3) is 0 Å². The summed E-state index contributed by atoms with van der Waals surface area (Å²) in [6, 6.07) is 3.47. The highest BCUT2D eigenvalue weighted by Crippen LogP contribution is 2.16. The highest BCUT2D eigenvalue weighted by atomic mass is 16.1. The van der Waals surface area contributed by atoms with Gasteiger partial charge in [0.25, 0.3) is 5.91 Å². The zero-order valence-electron chi connectivity index (χ0n) is 12.4. The van der Waals surface area contributed by atoms with Crippen LogP contribution >= 0.6 is 0 Å². The van der Waals surface area contributed by atoms with E-state index in [4.69, 9.17) is 5.73 Å². The quantitative estimate of drug-likeness (QED) is 0.829. The monoisotopic (exact) mass is 263 g/mol. The zero-order valence-corrected chi connectivity index (χ0v) is 12.4. The molecule has 0 fully saturated rings. The Morgan fingerprint density at radius 3 is 2.47 bits per heavy atom. The third kappa shape index (κ3) is 4.23. The molecule has 106 valence electrons. The largest absolute Gasteiger partial charge is 0.384 e. The van der Waals surface area contributed by atoms with Crippen molar-refractivity contribution in [3.05, 3.63) is 23.4 Å². The van der Waals surface area contributed by atoms with Crippen LogP contribution in [0.15, 0.2) is 12.1 Å². The molecule has 19 heavy (non-hydrogen) atoms. The van der Waals surface area contributed by atoms with E-state index in [0.717, 1.165) is 31.4 Å². The number of nitrogens with zero attached hydrogens (tertiary/aromatic N) is 1. The van der Waals surface area contributed by atoms with E-state index in [9.17, 15) is 4.79 Å². The summed E-state index contributed by atoms with van der Waals surface area (Å²) in [4.78, 5) is 16.5. The van der Waals surface area contributed by atoms with Crippen molar-refractivity contribution in [1.82, 2.24) is 10.3 Å². The second-order valence-corrected chi connectivity index (χ2v) is 5.24. The minimum Gasteiger partial charge on any atom is -0.384 e. The van der Waals surface area contributed by atoms with E-state index >= 15 is 0 Å². The van der Waals surface area contributed by atoms with Gasteiger partial charge in [-0.15, -0.1) is 0 Å². The summed E-state index contributed by atoms with van der Waals surface area (Å²) in [6.07, 6.45) is 3.62. The van der Waals surface area contributed by atoms with E-state index < -0.39 is 0 Å². The topological polar surface area (TPSA) is 68.0 Å². The molecule has 0 unspecified atom stereocenters. The van der Waals surface area contributed by atoms with Gasteiger partial charge in [-0.2, -0.15) is 0 Å². The smallest absolute Gasteiger partial charge is 0.251 e. The lowest BCUT2D eigenvalue weighted by Crippen LogP contribution is -2.45. The number of rotatable bonds is 6. The van der Waals surface area contributed by atoms with Crippen molar-refractivity contribution in [3.8, 4) is 0 Å². The van der Waals surface area contributed by atoms with Crippen LogP contribution in [0, 0.1) is 0 Å². The molecule has 1 aromatic heterocycles. The lowest BCUT2D eigenvalue weighted by Gasteiger charge is -2.28. The van der Waals surface area contributed by atoms with Crippen molar-refractivity contribution in [3.63, 3.8) is 0 Å². The summed E-state index contributed by atoms with van der Waals surface area (Å²) in [5.41, 5.74) is 7.08. The molecule has 0 aliphatic heterocycles. The van der Waals surface area contributed by atoms with Gasteiger partial charge < -0.3 is 11.1 Å². The Hall–Kier alpha value is -1.58. The standard InChI is InChI=1S/C15H25N3O/c1-5-8-12-9-11(10-13(16)17-12)14(19)18-15(4,6-2)7-3/h9-10H,5-8H2,1-4H3,(H2,16,17)(H,18,19). The van der Waals surface area contributed by atoms with Crippen molar-refractivity contribution in [2.75, 3.05) is 5.73 Å². The molecule has 1 heterocycles. The normalized spacial score (nSPS) is 11.4. The highest BCUT2D eigenvalue weighted by Gasteiger charge is 2.22. The van der Waals surface area contributed by atoms with Crippen LogP contribution in [0.5, 0.6) is 0 Å². The van der Waals surface area contributed by atoms with Crippen molar-refractivity contribution in [1.29, 1.82) is 0 Å². The van der Waals surface area contributed by atoms with Gasteiger partial charge in [0.05, 0.1) is 0 Å². The number of nitrogen functional groups attached to an aromatic ring is 1. The van der Waals surface area contributed by atoms with Crippen LogP contribution in [0.3, 0.4) is 0 Å². The average molecular weight is 263 g/mol. The van der Waals surface area contributed by atoms with Crippen molar-refractivity contribution < 1.29 is 4.79 Å². The minimum atomic E-state index is -0.167. The van der Waals surface area contributed by atoms with Gasteiger partial charge in [0.1, 0.15) is 5.82 Å². The molecule has 1 amide bonds. The molecule has 3 N–H and O–H groups in total. The molecule has 0 saturated heterocycles. The number of carbonyl (C=O) groups is 1. The number of amides is 1. The van der Waals surface area contributed by atoms with Crippen molar-refractivity contribution in [2.24, 2.45) is 0 Å². The molecule has 0 saturated carbocycles. The number of carbonyl (C=O) groups excluding carboxylic acids is 1.